The Labute approximate surface area is 192 Å². The summed E-state index contributed by atoms with van der Waals surface area (Å²) in [6.45, 7) is 4.12. The van der Waals surface area contributed by atoms with Crippen LogP contribution in [-0.2, 0) is 4.74 Å². The van der Waals surface area contributed by atoms with Crippen LogP contribution >= 0.6 is 11.3 Å². The SMILES string of the molecule is CCOC(=O)c1sc2nc(-c3ccc(OC)c(OC)c3)c(NC3CCCCCC3)n2c1C. The molecule has 0 amide bonds. The number of benzene rings is 1. The number of carbonyl (C=O) groups excluding carboxylic acids is 1. The number of imidazole rings is 1. The number of nitrogens with zero attached hydrogens (tertiary/aromatic N) is 2. The molecule has 172 valence electrons. The first kappa shape index (κ1) is 22.5. The second kappa shape index (κ2) is 9.81. The van der Waals surface area contributed by atoms with E-state index >= 15 is 0 Å². The molecule has 7 nitrogen and oxygen atoms in total. The fourth-order valence-corrected chi connectivity index (χ4v) is 5.39. The summed E-state index contributed by atoms with van der Waals surface area (Å²) >= 11 is 1.37. The number of aromatic nitrogens is 2. The molecular weight excluding hydrogens is 426 g/mol. The van der Waals surface area contributed by atoms with Gasteiger partial charge in [-0.05, 0) is 44.9 Å². The van der Waals surface area contributed by atoms with E-state index in [4.69, 9.17) is 19.2 Å². The summed E-state index contributed by atoms with van der Waals surface area (Å²) in [4.78, 5) is 18.8. The summed E-state index contributed by atoms with van der Waals surface area (Å²) in [5.74, 6) is 1.96. The third-order valence-corrected chi connectivity index (χ3v) is 7.14. The van der Waals surface area contributed by atoms with Crippen LogP contribution in [0.1, 0.15) is 60.8 Å². The van der Waals surface area contributed by atoms with Crippen molar-refractivity contribution < 1.29 is 19.0 Å². The Hall–Kier alpha value is -2.74. The maximum absolute atomic E-state index is 12.5. The minimum Gasteiger partial charge on any atom is -0.493 e. The Balaban J connectivity index is 1.83. The predicted octanol–water partition coefficient (Wildman–Crippen LogP) is 5.70. The molecule has 1 aromatic carbocycles. The molecule has 1 saturated carbocycles. The molecule has 8 heteroatoms. The van der Waals surface area contributed by atoms with E-state index in [-0.39, 0.29) is 5.97 Å². The van der Waals surface area contributed by atoms with E-state index in [2.05, 4.69) is 9.72 Å². The molecular formula is C24H31N3O4S. The summed E-state index contributed by atoms with van der Waals surface area (Å²) in [6.07, 6.45) is 7.28. The Morgan fingerprint density at radius 3 is 2.53 bits per heavy atom. The molecule has 32 heavy (non-hydrogen) atoms. The maximum atomic E-state index is 12.5. The molecule has 0 unspecified atom stereocenters. The quantitative estimate of drug-likeness (QED) is 0.362. The van der Waals surface area contributed by atoms with Crippen LogP contribution in [0.25, 0.3) is 16.2 Å². The van der Waals surface area contributed by atoms with Crippen LogP contribution in [0, 0.1) is 6.92 Å². The summed E-state index contributed by atoms with van der Waals surface area (Å²) < 4.78 is 18.3. The zero-order valence-corrected chi connectivity index (χ0v) is 20.0. The number of hydrogen-bond donors (Lipinski definition) is 1. The van der Waals surface area contributed by atoms with Crippen LogP contribution in [0.15, 0.2) is 18.2 Å². The normalized spacial score (nSPS) is 14.9. The first-order chi connectivity index (χ1) is 15.6. The van der Waals surface area contributed by atoms with E-state index < -0.39 is 0 Å². The lowest BCUT2D eigenvalue weighted by atomic mass is 10.1. The number of anilines is 1. The smallest absolute Gasteiger partial charge is 0.350 e. The molecule has 0 atom stereocenters. The van der Waals surface area contributed by atoms with Crippen LogP contribution in [0.2, 0.25) is 0 Å². The number of aryl methyl sites for hydroxylation is 1. The average Bonchev–Trinajstić information content (AvgIpc) is 3.18. The summed E-state index contributed by atoms with van der Waals surface area (Å²) in [6, 6.07) is 6.22. The monoisotopic (exact) mass is 457 g/mol. The third-order valence-electron chi connectivity index (χ3n) is 6.02. The summed E-state index contributed by atoms with van der Waals surface area (Å²) in [5.41, 5.74) is 2.63. The number of methoxy groups -OCH3 is 2. The van der Waals surface area contributed by atoms with E-state index in [1.54, 1.807) is 14.2 Å². The highest BCUT2D eigenvalue weighted by atomic mass is 32.1. The van der Waals surface area contributed by atoms with Gasteiger partial charge in [-0.3, -0.25) is 4.40 Å². The van der Waals surface area contributed by atoms with Crippen molar-refractivity contribution in [2.24, 2.45) is 0 Å². The van der Waals surface area contributed by atoms with E-state index in [0.717, 1.165) is 40.6 Å². The number of rotatable bonds is 7. The van der Waals surface area contributed by atoms with E-state index in [1.165, 1.54) is 37.0 Å². The Morgan fingerprint density at radius 1 is 1.16 bits per heavy atom. The molecule has 0 bridgehead atoms. The van der Waals surface area contributed by atoms with Crippen molar-refractivity contribution in [3.8, 4) is 22.8 Å². The number of esters is 1. The molecule has 0 radical (unpaired) electrons. The zero-order valence-electron chi connectivity index (χ0n) is 19.2. The van der Waals surface area contributed by atoms with Gasteiger partial charge in [-0.1, -0.05) is 37.0 Å². The van der Waals surface area contributed by atoms with Gasteiger partial charge < -0.3 is 19.5 Å². The minimum absolute atomic E-state index is 0.298. The van der Waals surface area contributed by atoms with Crippen molar-refractivity contribution in [3.05, 3.63) is 28.8 Å². The van der Waals surface area contributed by atoms with Gasteiger partial charge in [-0.15, -0.1) is 0 Å². The van der Waals surface area contributed by atoms with Crippen molar-refractivity contribution in [1.82, 2.24) is 9.38 Å². The second-order valence-corrected chi connectivity index (χ2v) is 9.04. The van der Waals surface area contributed by atoms with Crippen molar-refractivity contribution in [1.29, 1.82) is 0 Å². The molecule has 1 aliphatic rings. The first-order valence-corrected chi connectivity index (χ1v) is 12.1. The fourth-order valence-electron chi connectivity index (χ4n) is 4.37. The molecule has 2 aromatic heterocycles. The largest absolute Gasteiger partial charge is 0.493 e. The van der Waals surface area contributed by atoms with Crippen molar-refractivity contribution in [2.75, 3.05) is 26.1 Å². The molecule has 1 fully saturated rings. The number of thiazole rings is 1. The molecule has 0 aliphatic heterocycles. The number of nitrogens with one attached hydrogen (secondary N) is 1. The van der Waals surface area contributed by atoms with Gasteiger partial charge in [0.05, 0.1) is 20.8 Å². The number of hydrogen-bond acceptors (Lipinski definition) is 7. The van der Waals surface area contributed by atoms with Crippen molar-refractivity contribution in [3.63, 3.8) is 0 Å². The van der Waals surface area contributed by atoms with Gasteiger partial charge in [0.15, 0.2) is 16.5 Å². The Kier molecular flexibility index (Phi) is 6.89. The van der Waals surface area contributed by atoms with Gasteiger partial charge >= 0.3 is 5.97 Å². The summed E-state index contributed by atoms with van der Waals surface area (Å²) in [7, 11) is 3.26. The number of ether oxygens (including phenoxy) is 3. The van der Waals surface area contributed by atoms with E-state index in [0.29, 0.717) is 29.0 Å². The molecule has 1 N–H and O–H groups in total. The minimum atomic E-state index is -0.298. The second-order valence-electron chi connectivity index (χ2n) is 8.07. The predicted molar refractivity (Wildman–Crippen MR) is 127 cm³/mol. The van der Waals surface area contributed by atoms with Gasteiger partial charge in [0.25, 0.3) is 0 Å². The zero-order chi connectivity index (χ0) is 22.7. The summed E-state index contributed by atoms with van der Waals surface area (Å²) in [5, 5.41) is 3.79. The molecule has 3 aromatic rings. The maximum Gasteiger partial charge on any atom is 0.350 e. The van der Waals surface area contributed by atoms with Crippen molar-refractivity contribution in [2.45, 2.75) is 58.4 Å². The molecule has 0 spiro atoms. The van der Waals surface area contributed by atoms with Crippen LogP contribution in [0.3, 0.4) is 0 Å². The number of carbonyl (C=O) groups is 1. The third kappa shape index (κ3) is 4.28. The van der Waals surface area contributed by atoms with Gasteiger partial charge in [0, 0.05) is 17.3 Å². The lowest BCUT2D eigenvalue weighted by Crippen LogP contribution is -2.20. The van der Waals surface area contributed by atoms with Crippen LogP contribution in [0.5, 0.6) is 11.5 Å². The van der Waals surface area contributed by atoms with Gasteiger partial charge in [-0.25, -0.2) is 9.78 Å². The lowest BCUT2D eigenvalue weighted by Gasteiger charge is -2.19. The van der Waals surface area contributed by atoms with E-state index in [9.17, 15) is 4.79 Å². The van der Waals surface area contributed by atoms with Crippen LogP contribution in [-0.4, -0.2) is 42.2 Å². The van der Waals surface area contributed by atoms with Gasteiger partial charge in [0.1, 0.15) is 16.4 Å². The van der Waals surface area contributed by atoms with Crippen molar-refractivity contribution >= 4 is 28.1 Å². The topological polar surface area (TPSA) is 74.1 Å². The van der Waals surface area contributed by atoms with E-state index in [1.807, 2.05) is 32.0 Å². The average molecular weight is 458 g/mol. The van der Waals surface area contributed by atoms with Gasteiger partial charge in [-0.2, -0.15) is 0 Å². The molecule has 4 rings (SSSR count). The van der Waals surface area contributed by atoms with Crippen LogP contribution < -0.4 is 14.8 Å². The fraction of sp³-hybridized carbons (Fsp3) is 0.500. The molecule has 1 aliphatic carbocycles. The highest BCUT2D eigenvalue weighted by Gasteiger charge is 2.26. The standard InChI is InChI=1S/C24H31N3O4S/c1-5-31-23(28)21-15(2)27-22(25-17-10-8-6-7-9-11-17)20(26-24(27)32-21)16-12-13-18(29-3)19(14-16)30-4/h12-14,17,25H,5-11H2,1-4H3. The Bertz CT molecular complexity index is 1100. The lowest BCUT2D eigenvalue weighted by molar-refractivity contribution is 0.0531. The molecule has 0 saturated heterocycles. The van der Waals surface area contributed by atoms with Crippen LogP contribution in [0.4, 0.5) is 5.82 Å². The Morgan fingerprint density at radius 2 is 1.88 bits per heavy atom. The molecule has 2 heterocycles. The number of fused-ring (bicyclic) bond motifs is 1. The highest BCUT2D eigenvalue weighted by molar-refractivity contribution is 7.19. The van der Waals surface area contributed by atoms with Gasteiger partial charge in [0.2, 0.25) is 0 Å². The highest BCUT2D eigenvalue weighted by Crippen LogP contribution is 2.39. The first-order valence-electron chi connectivity index (χ1n) is 11.2.